The second kappa shape index (κ2) is 3.47. The molecular weight excluding hydrogens is 176 g/mol. The maximum Gasteiger partial charge on any atom is 0.0558 e. The highest BCUT2D eigenvalue weighted by Crippen LogP contribution is 2.37. The van der Waals surface area contributed by atoms with Crippen molar-refractivity contribution in [3.8, 4) is 0 Å². The van der Waals surface area contributed by atoms with Crippen molar-refractivity contribution >= 4 is 0 Å². The molecule has 2 atom stereocenters. The first-order valence-corrected chi connectivity index (χ1v) is 5.94. The van der Waals surface area contributed by atoms with Crippen LogP contribution in [0.1, 0.15) is 12.8 Å². The van der Waals surface area contributed by atoms with Gasteiger partial charge in [-0.25, -0.2) is 0 Å². The smallest absolute Gasteiger partial charge is 0.0558 e. The molecule has 1 N–H and O–H groups in total. The fraction of sp³-hybridized carbons (Fsp3) is 1.00. The molecule has 0 amide bonds. The summed E-state index contributed by atoms with van der Waals surface area (Å²) in [5.74, 6) is 1.81. The Morgan fingerprint density at radius 3 is 2.14 bits per heavy atom. The third kappa shape index (κ3) is 1.58. The SMILES string of the molecule is OCCN1CC2CN(C3CC3)CC2C1. The van der Waals surface area contributed by atoms with Crippen molar-refractivity contribution in [3.05, 3.63) is 0 Å². The van der Waals surface area contributed by atoms with E-state index >= 15 is 0 Å². The first-order chi connectivity index (χ1) is 6.86. The van der Waals surface area contributed by atoms with E-state index in [0.717, 1.165) is 24.4 Å². The number of nitrogens with zero attached hydrogens (tertiary/aromatic N) is 2. The first kappa shape index (κ1) is 9.13. The third-order valence-electron chi connectivity index (χ3n) is 4.07. The molecule has 3 heteroatoms. The van der Waals surface area contributed by atoms with Gasteiger partial charge in [-0.05, 0) is 24.7 Å². The number of aliphatic hydroxyl groups is 1. The van der Waals surface area contributed by atoms with Crippen LogP contribution in [0.2, 0.25) is 0 Å². The molecule has 1 aliphatic carbocycles. The van der Waals surface area contributed by atoms with Crippen molar-refractivity contribution in [3.63, 3.8) is 0 Å². The molecule has 3 fully saturated rings. The van der Waals surface area contributed by atoms with Crippen LogP contribution in [-0.2, 0) is 0 Å². The average Bonchev–Trinajstić information content (AvgIpc) is 2.82. The molecular formula is C11H20N2O. The van der Waals surface area contributed by atoms with Crippen LogP contribution in [0.15, 0.2) is 0 Å². The Labute approximate surface area is 85.7 Å². The quantitative estimate of drug-likeness (QED) is 0.688. The number of β-amino-alcohol motifs (C(OH)–C–C–N with tert-alkyl or cyclic N) is 1. The molecule has 2 heterocycles. The van der Waals surface area contributed by atoms with Gasteiger partial charge in [0.1, 0.15) is 0 Å². The van der Waals surface area contributed by atoms with Crippen LogP contribution in [0.3, 0.4) is 0 Å². The largest absolute Gasteiger partial charge is 0.395 e. The van der Waals surface area contributed by atoms with Crippen LogP contribution in [-0.4, -0.2) is 60.3 Å². The molecule has 2 unspecified atom stereocenters. The summed E-state index contributed by atoms with van der Waals surface area (Å²) in [5.41, 5.74) is 0. The van der Waals surface area contributed by atoms with Gasteiger partial charge in [-0.2, -0.15) is 0 Å². The molecule has 3 aliphatic rings. The highest BCUT2D eigenvalue weighted by Gasteiger charge is 2.43. The number of likely N-dealkylation sites (tertiary alicyclic amines) is 2. The summed E-state index contributed by atoms with van der Waals surface area (Å²) in [4.78, 5) is 5.13. The normalized spacial score (nSPS) is 39.2. The predicted molar refractivity (Wildman–Crippen MR) is 55.1 cm³/mol. The van der Waals surface area contributed by atoms with Crippen LogP contribution in [0.4, 0.5) is 0 Å². The summed E-state index contributed by atoms with van der Waals surface area (Å²) in [6.45, 7) is 6.33. The summed E-state index contributed by atoms with van der Waals surface area (Å²) in [5, 5.41) is 8.89. The highest BCUT2D eigenvalue weighted by molar-refractivity contribution is 4.97. The lowest BCUT2D eigenvalue weighted by molar-refractivity contribution is 0.198. The Morgan fingerprint density at radius 1 is 1.00 bits per heavy atom. The van der Waals surface area contributed by atoms with Gasteiger partial charge >= 0.3 is 0 Å². The van der Waals surface area contributed by atoms with E-state index in [9.17, 15) is 0 Å². The van der Waals surface area contributed by atoms with E-state index in [1.54, 1.807) is 0 Å². The fourth-order valence-electron chi connectivity index (χ4n) is 3.19. The molecule has 2 aliphatic heterocycles. The molecule has 0 bridgehead atoms. The van der Waals surface area contributed by atoms with Gasteiger partial charge in [-0.15, -0.1) is 0 Å². The Balaban J connectivity index is 1.54. The van der Waals surface area contributed by atoms with Crippen LogP contribution in [0.5, 0.6) is 0 Å². The molecule has 0 radical (unpaired) electrons. The van der Waals surface area contributed by atoms with Gasteiger partial charge in [0.25, 0.3) is 0 Å². The van der Waals surface area contributed by atoms with Crippen molar-refractivity contribution in [1.82, 2.24) is 9.80 Å². The lowest BCUT2D eigenvalue weighted by Crippen LogP contribution is -2.31. The van der Waals surface area contributed by atoms with E-state index < -0.39 is 0 Å². The van der Waals surface area contributed by atoms with Gasteiger partial charge in [-0.1, -0.05) is 0 Å². The molecule has 0 aromatic heterocycles. The minimum absolute atomic E-state index is 0.325. The Bertz CT molecular complexity index is 203. The highest BCUT2D eigenvalue weighted by atomic mass is 16.3. The van der Waals surface area contributed by atoms with Gasteiger partial charge in [0.05, 0.1) is 6.61 Å². The predicted octanol–water partition coefficient (Wildman–Crippen LogP) is 0.00470. The van der Waals surface area contributed by atoms with E-state index in [1.807, 2.05) is 0 Å². The molecule has 3 nitrogen and oxygen atoms in total. The van der Waals surface area contributed by atoms with Crippen molar-refractivity contribution in [2.24, 2.45) is 11.8 Å². The molecule has 0 spiro atoms. The maximum atomic E-state index is 8.89. The van der Waals surface area contributed by atoms with Gasteiger partial charge in [0.2, 0.25) is 0 Å². The minimum Gasteiger partial charge on any atom is -0.395 e. The lowest BCUT2D eigenvalue weighted by atomic mass is 10.0. The second-order valence-corrected chi connectivity index (χ2v) is 5.19. The van der Waals surface area contributed by atoms with E-state index in [-0.39, 0.29) is 0 Å². The fourth-order valence-corrected chi connectivity index (χ4v) is 3.19. The van der Waals surface area contributed by atoms with E-state index in [4.69, 9.17) is 5.11 Å². The van der Waals surface area contributed by atoms with E-state index in [2.05, 4.69) is 9.80 Å². The minimum atomic E-state index is 0.325. The zero-order chi connectivity index (χ0) is 9.54. The summed E-state index contributed by atoms with van der Waals surface area (Å²) < 4.78 is 0. The maximum absolute atomic E-state index is 8.89. The van der Waals surface area contributed by atoms with Crippen LogP contribution in [0.25, 0.3) is 0 Å². The van der Waals surface area contributed by atoms with Gasteiger partial charge in [-0.3, -0.25) is 4.90 Å². The monoisotopic (exact) mass is 196 g/mol. The number of hydrogen-bond acceptors (Lipinski definition) is 3. The molecule has 0 aromatic rings. The van der Waals surface area contributed by atoms with Crippen LogP contribution < -0.4 is 0 Å². The molecule has 14 heavy (non-hydrogen) atoms. The third-order valence-corrected chi connectivity index (χ3v) is 4.07. The van der Waals surface area contributed by atoms with Crippen molar-refractivity contribution in [2.45, 2.75) is 18.9 Å². The number of aliphatic hydroxyl groups excluding tert-OH is 1. The number of rotatable bonds is 3. The van der Waals surface area contributed by atoms with E-state index in [1.165, 1.54) is 39.0 Å². The lowest BCUT2D eigenvalue weighted by Gasteiger charge is -2.20. The van der Waals surface area contributed by atoms with E-state index in [0.29, 0.717) is 6.61 Å². The van der Waals surface area contributed by atoms with Crippen LogP contribution >= 0.6 is 0 Å². The zero-order valence-electron chi connectivity index (χ0n) is 8.73. The average molecular weight is 196 g/mol. The Hall–Kier alpha value is -0.120. The molecule has 1 saturated carbocycles. The Morgan fingerprint density at radius 2 is 1.64 bits per heavy atom. The first-order valence-electron chi connectivity index (χ1n) is 5.94. The number of fused-ring (bicyclic) bond motifs is 1. The van der Waals surface area contributed by atoms with Gasteiger partial charge in [0, 0.05) is 38.8 Å². The Kier molecular flexibility index (Phi) is 2.26. The summed E-state index contributed by atoms with van der Waals surface area (Å²) >= 11 is 0. The van der Waals surface area contributed by atoms with Gasteiger partial charge in [0.15, 0.2) is 0 Å². The topological polar surface area (TPSA) is 26.7 Å². The van der Waals surface area contributed by atoms with Crippen molar-refractivity contribution < 1.29 is 5.11 Å². The summed E-state index contributed by atoms with van der Waals surface area (Å²) in [7, 11) is 0. The van der Waals surface area contributed by atoms with Crippen molar-refractivity contribution in [2.75, 3.05) is 39.3 Å². The van der Waals surface area contributed by atoms with Crippen molar-refractivity contribution in [1.29, 1.82) is 0 Å². The summed E-state index contributed by atoms with van der Waals surface area (Å²) in [6, 6.07) is 0.951. The standard InChI is InChI=1S/C11H20N2O/c14-4-3-12-5-9-7-13(11-1-2-11)8-10(9)6-12/h9-11,14H,1-8H2. The molecule has 3 rings (SSSR count). The summed E-state index contributed by atoms with van der Waals surface area (Å²) in [6.07, 6.45) is 2.89. The van der Waals surface area contributed by atoms with Crippen LogP contribution in [0, 0.1) is 11.8 Å². The number of hydrogen-bond donors (Lipinski definition) is 1. The van der Waals surface area contributed by atoms with Gasteiger partial charge < -0.3 is 10.0 Å². The zero-order valence-corrected chi connectivity index (χ0v) is 8.73. The molecule has 80 valence electrons. The molecule has 2 saturated heterocycles. The second-order valence-electron chi connectivity index (χ2n) is 5.19. The molecule has 0 aromatic carbocycles.